The van der Waals surface area contributed by atoms with Gasteiger partial charge >= 0.3 is 0 Å². The Bertz CT molecular complexity index is 663. The Hall–Kier alpha value is -1.52. The van der Waals surface area contributed by atoms with Gasteiger partial charge in [-0.15, -0.1) is 0 Å². The van der Waals surface area contributed by atoms with Gasteiger partial charge in [0.1, 0.15) is 5.82 Å². The summed E-state index contributed by atoms with van der Waals surface area (Å²) in [7, 11) is 0. The van der Waals surface area contributed by atoms with Crippen LogP contribution in [0.1, 0.15) is 26.7 Å². The Morgan fingerprint density at radius 3 is 2.73 bits per heavy atom. The molecule has 0 aliphatic carbocycles. The lowest BCUT2D eigenvalue weighted by Crippen LogP contribution is -2.40. The second-order valence-electron chi connectivity index (χ2n) is 6.28. The number of anilines is 2. The molecule has 118 valence electrons. The molecule has 0 bridgehead atoms. The van der Waals surface area contributed by atoms with Crippen LogP contribution < -0.4 is 16.0 Å². The fourth-order valence-electron chi connectivity index (χ4n) is 3.01. The number of nitrogens with zero attached hydrogens (tertiary/aromatic N) is 2. The number of halogens is 1. The number of rotatable bonds is 3. The van der Waals surface area contributed by atoms with Gasteiger partial charge < -0.3 is 16.0 Å². The summed E-state index contributed by atoms with van der Waals surface area (Å²) in [6.45, 7) is 6.11. The first-order chi connectivity index (χ1) is 10.6. The van der Waals surface area contributed by atoms with Gasteiger partial charge in [0.15, 0.2) is 0 Å². The third kappa shape index (κ3) is 2.99. The topological polar surface area (TPSA) is 54.2 Å². The molecule has 1 aliphatic rings. The fourth-order valence-corrected chi connectivity index (χ4v) is 3.27. The summed E-state index contributed by atoms with van der Waals surface area (Å²) in [5.41, 5.74) is 7.05. The molecule has 1 fully saturated rings. The third-order valence-electron chi connectivity index (χ3n) is 4.13. The van der Waals surface area contributed by atoms with Crippen molar-refractivity contribution in [1.82, 2.24) is 4.98 Å². The van der Waals surface area contributed by atoms with E-state index >= 15 is 0 Å². The minimum Gasteiger partial charge on any atom is -0.381 e. The van der Waals surface area contributed by atoms with Crippen LogP contribution >= 0.6 is 11.6 Å². The largest absolute Gasteiger partial charge is 0.381 e. The molecule has 3 N–H and O–H groups in total. The average Bonchev–Trinajstić information content (AvgIpc) is 2.49. The third-order valence-corrected chi connectivity index (χ3v) is 4.44. The summed E-state index contributed by atoms with van der Waals surface area (Å²) in [5.74, 6) is 0.974. The number of fused-ring (bicyclic) bond motifs is 1. The summed E-state index contributed by atoms with van der Waals surface area (Å²) in [6, 6.07) is 6.69. The number of benzene rings is 1. The molecule has 4 nitrogen and oxygen atoms in total. The van der Waals surface area contributed by atoms with E-state index in [0.717, 1.165) is 53.2 Å². The Morgan fingerprint density at radius 1 is 1.32 bits per heavy atom. The highest BCUT2D eigenvalue weighted by Gasteiger charge is 2.21. The molecule has 1 saturated heterocycles. The summed E-state index contributed by atoms with van der Waals surface area (Å²) >= 11 is 6.50. The lowest BCUT2D eigenvalue weighted by atomic mass is 10.0. The van der Waals surface area contributed by atoms with E-state index in [1.807, 2.05) is 18.3 Å². The highest BCUT2D eigenvalue weighted by atomic mass is 35.5. The van der Waals surface area contributed by atoms with Gasteiger partial charge in [-0.2, -0.15) is 0 Å². The summed E-state index contributed by atoms with van der Waals surface area (Å²) in [6.07, 6.45) is 3.92. The van der Waals surface area contributed by atoms with Crippen molar-refractivity contribution in [2.75, 3.05) is 23.3 Å². The number of nitrogens with two attached hydrogens (primary N) is 1. The maximum Gasteiger partial charge on any atom is 0.138 e. The molecule has 1 aromatic carbocycles. The predicted octanol–water partition coefficient (Wildman–Crippen LogP) is 3.64. The van der Waals surface area contributed by atoms with Crippen molar-refractivity contribution in [3.05, 3.63) is 29.4 Å². The molecule has 2 heterocycles. The van der Waals surface area contributed by atoms with Crippen molar-refractivity contribution in [3.8, 4) is 0 Å². The molecule has 0 spiro atoms. The van der Waals surface area contributed by atoms with Crippen LogP contribution in [0.2, 0.25) is 5.02 Å². The minimum absolute atomic E-state index is 0.305. The zero-order valence-electron chi connectivity index (χ0n) is 13.1. The van der Waals surface area contributed by atoms with Crippen LogP contribution in [0, 0.1) is 0 Å². The van der Waals surface area contributed by atoms with Gasteiger partial charge in [0.25, 0.3) is 0 Å². The molecular formula is C17H23ClN4. The van der Waals surface area contributed by atoms with Crippen LogP contribution in [0.4, 0.5) is 11.5 Å². The van der Waals surface area contributed by atoms with E-state index in [0.29, 0.717) is 12.1 Å². The molecule has 0 unspecified atom stereocenters. The van der Waals surface area contributed by atoms with Crippen LogP contribution in [0.25, 0.3) is 10.8 Å². The van der Waals surface area contributed by atoms with E-state index < -0.39 is 0 Å². The van der Waals surface area contributed by atoms with Crippen LogP contribution in [-0.2, 0) is 0 Å². The van der Waals surface area contributed by atoms with E-state index in [9.17, 15) is 0 Å². The van der Waals surface area contributed by atoms with E-state index in [2.05, 4.69) is 30.1 Å². The van der Waals surface area contributed by atoms with E-state index in [4.69, 9.17) is 22.3 Å². The van der Waals surface area contributed by atoms with Crippen LogP contribution in [0.3, 0.4) is 0 Å². The van der Waals surface area contributed by atoms with Crippen LogP contribution in [0.5, 0.6) is 0 Å². The predicted molar refractivity (Wildman–Crippen MR) is 94.9 cm³/mol. The first kappa shape index (κ1) is 15.4. The smallest absolute Gasteiger partial charge is 0.138 e. The molecule has 0 saturated carbocycles. The quantitative estimate of drug-likeness (QED) is 0.907. The van der Waals surface area contributed by atoms with Gasteiger partial charge in [-0.1, -0.05) is 23.7 Å². The molecule has 3 rings (SSSR count). The lowest BCUT2D eigenvalue weighted by Gasteiger charge is -2.32. The van der Waals surface area contributed by atoms with Gasteiger partial charge in [0.2, 0.25) is 0 Å². The number of aromatic nitrogens is 1. The normalized spacial score (nSPS) is 16.5. The molecule has 1 aliphatic heterocycles. The molecule has 22 heavy (non-hydrogen) atoms. The van der Waals surface area contributed by atoms with Crippen molar-refractivity contribution in [1.29, 1.82) is 0 Å². The lowest BCUT2D eigenvalue weighted by molar-refractivity contribution is 0.499. The van der Waals surface area contributed by atoms with Crippen molar-refractivity contribution in [3.63, 3.8) is 0 Å². The Balaban J connectivity index is 2.08. The molecule has 0 atom stereocenters. The van der Waals surface area contributed by atoms with E-state index in [-0.39, 0.29) is 0 Å². The van der Waals surface area contributed by atoms with E-state index in [1.54, 1.807) is 0 Å². The first-order valence-corrected chi connectivity index (χ1v) is 8.28. The highest BCUT2D eigenvalue weighted by molar-refractivity contribution is 6.37. The number of hydrogen-bond acceptors (Lipinski definition) is 4. The van der Waals surface area contributed by atoms with Crippen LogP contribution in [0.15, 0.2) is 24.4 Å². The molecule has 1 aromatic heterocycles. The van der Waals surface area contributed by atoms with Gasteiger partial charge in [0, 0.05) is 35.9 Å². The zero-order valence-corrected chi connectivity index (χ0v) is 13.9. The number of nitrogens with one attached hydrogen (secondary N) is 1. The van der Waals surface area contributed by atoms with Gasteiger partial charge in [-0.05, 0) is 32.8 Å². The number of hydrogen-bond donors (Lipinski definition) is 2. The van der Waals surface area contributed by atoms with Gasteiger partial charge in [-0.3, -0.25) is 0 Å². The van der Waals surface area contributed by atoms with Crippen molar-refractivity contribution in [2.24, 2.45) is 5.73 Å². The molecule has 0 amide bonds. The van der Waals surface area contributed by atoms with Gasteiger partial charge in [0.05, 0.1) is 16.9 Å². The Kier molecular flexibility index (Phi) is 4.41. The SMILES string of the molecule is CC(C)Nc1cnc(N2CCC(N)CC2)c2c(Cl)cccc12. The summed E-state index contributed by atoms with van der Waals surface area (Å²) in [5, 5.41) is 6.36. The maximum atomic E-state index is 6.50. The van der Waals surface area contributed by atoms with Crippen molar-refractivity contribution < 1.29 is 0 Å². The highest BCUT2D eigenvalue weighted by Crippen LogP contribution is 2.36. The Morgan fingerprint density at radius 2 is 2.05 bits per heavy atom. The first-order valence-electron chi connectivity index (χ1n) is 7.90. The van der Waals surface area contributed by atoms with Crippen LogP contribution in [-0.4, -0.2) is 30.2 Å². The second-order valence-corrected chi connectivity index (χ2v) is 6.69. The fraction of sp³-hybridized carbons (Fsp3) is 0.471. The summed E-state index contributed by atoms with van der Waals surface area (Å²) in [4.78, 5) is 7.01. The molecule has 2 aromatic rings. The Labute approximate surface area is 136 Å². The second kappa shape index (κ2) is 6.31. The standard InChI is InChI=1S/C17H23ClN4/c1-11(2)21-15-10-20-17(22-8-6-12(19)7-9-22)16-13(15)4-3-5-14(16)18/h3-5,10-12,21H,6-9,19H2,1-2H3. The molecular weight excluding hydrogens is 296 g/mol. The number of pyridine rings is 1. The average molecular weight is 319 g/mol. The van der Waals surface area contributed by atoms with Crippen molar-refractivity contribution in [2.45, 2.75) is 38.8 Å². The molecule has 5 heteroatoms. The summed E-state index contributed by atoms with van der Waals surface area (Å²) < 4.78 is 0. The number of piperidine rings is 1. The van der Waals surface area contributed by atoms with E-state index in [1.165, 1.54) is 0 Å². The maximum absolute atomic E-state index is 6.50. The molecule has 0 radical (unpaired) electrons. The minimum atomic E-state index is 0.305. The van der Waals surface area contributed by atoms with Crippen molar-refractivity contribution >= 4 is 33.9 Å². The monoisotopic (exact) mass is 318 g/mol. The zero-order chi connectivity index (χ0) is 15.7. The van der Waals surface area contributed by atoms with Gasteiger partial charge in [-0.25, -0.2) is 4.98 Å².